The maximum absolute atomic E-state index is 13.4. The Bertz CT molecular complexity index is 1330. The van der Waals surface area contributed by atoms with Gasteiger partial charge in [-0.2, -0.15) is 23.5 Å². The van der Waals surface area contributed by atoms with Crippen LogP contribution in [0.15, 0.2) is 54.6 Å². The van der Waals surface area contributed by atoms with E-state index in [0.29, 0.717) is 17.1 Å². The van der Waals surface area contributed by atoms with E-state index in [0.717, 1.165) is 4.57 Å². The fourth-order valence-electron chi connectivity index (χ4n) is 3.41. The van der Waals surface area contributed by atoms with Crippen LogP contribution in [0.2, 0.25) is 0 Å². The number of rotatable bonds is 5. The molecule has 0 aliphatic carbocycles. The number of nitriles is 1. The van der Waals surface area contributed by atoms with Crippen LogP contribution in [-0.4, -0.2) is 25.3 Å². The Hall–Kier alpha value is -4.13. The SMILES string of the molecule is Cc1nn(-c2ccccc2)c(COC(=O)Cn2c(C(F)(F)F)nc3ccccc32)c1C#N. The van der Waals surface area contributed by atoms with Crippen molar-refractivity contribution in [2.45, 2.75) is 26.3 Å². The van der Waals surface area contributed by atoms with Gasteiger partial charge in [0.05, 0.1) is 28.1 Å². The lowest BCUT2D eigenvalue weighted by atomic mass is 10.2. The lowest BCUT2D eigenvalue weighted by Gasteiger charge is -2.12. The number of ether oxygens (including phenoxy) is 1. The molecule has 0 aliphatic rings. The lowest BCUT2D eigenvalue weighted by Crippen LogP contribution is -2.21. The third kappa shape index (κ3) is 3.92. The highest BCUT2D eigenvalue weighted by molar-refractivity contribution is 5.79. The minimum absolute atomic E-state index is 0.122. The lowest BCUT2D eigenvalue weighted by molar-refractivity contribution is -0.151. The van der Waals surface area contributed by atoms with Gasteiger partial charge >= 0.3 is 12.1 Å². The maximum atomic E-state index is 13.4. The van der Waals surface area contributed by atoms with Gasteiger partial charge in [-0.05, 0) is 31.2 Å². The summed E-state index contributed by atoms with van der Waals surface area (Å²) in [5.74, 6) is -2.08. The van der Waals surface area contributed by atoms with Gasteiger partial charge in [-0.25, -0.2) is 9.67 Å². The van der Waals surface area contributed by atoms with Crippen LogP contribution in [0.5, 0.6) is 0 Å². The zero-order valence-electron chi connectivity index (χ0n) is 16.8. The molecule has 0 spiro atoms. The maximum Gasteiger partial charge on any atom is 0.449 e. The number of para-hydroxylation sites is 3. The summed E-state index contributed by atoms with van der Waals surface area (Å²) < 4.78 is 47.9. The molecule has 7 nitrogen and oxygen atoms in total. The molecule has 4 aromatic rings. The number of hydrogen-bond donors (Lipinski definition) is 0. The molecule has 2 heterocycles. The molecule has 0 unspecified atom stereocenters. The number of esters is 1. The van der Waals surface area contributed by atoms with Crippen molar-refractivity contribution in [2.75, 3.05) is 0 Å². The second-order valence-electron chi connectivity index (χ2n) is 6.93. The number of alkyl halides is 3. The summed E-state index contributed by atoms with van der Waals surface area (Å²) in [5, 5.41) is 13.8. The predicted octanol–water partition coefficient (Wildman–Crippen LogP) is 4.16. The number of carbonyl (C=O) groups is 1. The first-order valence-electron chi connectivity index (χ1n) is 9.51. The molecule has 10 heteroatoms. The Kier molecular flexibility index (Phi) is 5.40. The predicted molar refractivity (Wildman–Crippen MR) is 108 cm³/mol. The van der Waals surface area contributed by atoms with Crippen molar-refractivity contribution >= 4 is 17.0 Å². The van der Waals surface area contributed by atoms with Crippen LogP contribution in [0.3, 0.4) is 0 Å². The summed E-state index contributed by atoms with van der Waals surface area (Å²) >= 11 is 0. The second-order valence-corrected chi connectivity index (χ2v) is 6.93. The topological polar surface area (TPSA) is 85.7 Å². The first-order valence-corrected chi connectivity index (χ1v) is 9.51. The van der Waals surface area contributed by atoms with E-state index in [2.05, 4.69) is 10.1 Å². The Morgan fingerprint density at radius 3 is 2.50 bits per heavy atom. The molecular weight excluding hydrogens is 423 g/mol. The van der Waals surface area contributed by atoms with E-state index >= 15 is 0 Å². The first kappa shape index (κ1) is 21.1. The van der Waals surface area contributed by atoms with Crippen molar-refractivity contribution in [3.05, 3.63) is 77.4 Å². The van der Waals surface area contributed by atoms with Crippen LogP contribution in [-0.2, 0) is 28.9 Å². The molecular formula is C22H16F3N5O2. The molecule has 0 saturated carbocycles. The Morgan fingerprint density at radius 2 is 1.81 bits per heavy atom. The Balaban J connectivity index is 1.61. The molecule has 0 amide bonds. The van der Waals surface area contributed by atoms with Gasteiger partial charge < -0.3 is 9.30 Å². The highest BCUT2D eigenvalue weighted by Gasteiger charge is 2.38. The van der Waals surface area contributed by atoms with Crippen molar-refractivity contribution in [1.29, 1.82) is 5.26 Å². The fourth-order valence-corrected chi connectivity index (χ4v) is 3.41. The van der Waals surface area contributed by atoms with E-state index in [4.69, 9.17) is 4.74 Å². The van der Waals surface area contributed by atoms with E-state index in [1.165, 1.54) is 16.8 Å². The van der Waals surface area contributed by atoms with E-state index in [-0.39, 0.29) is 23.2 Å². The number of aromatic nitrogens is 4. The van der Waals surface area contributed by atoms with Crippen LogP contribution in [0.25, 0.3) is 16.7 Å². The number of nitrogens with zero attached hydrogens (tertiary/aromatic N) is 5. The molecule has 32 heavy (non-hydrogen) atoms. The number of benzene rings is 2. The highest BCUT2D eigenvalue weighted by Crippen LogP contribution is 2.31. The van der Waals surface area contributed by atoms with Gasteiger partial charge in [0.25, 0.3) is 0 Å². The van der Waals surface area contributed by atoms with Gasteiger partial charge in [0.15, 0.2) is 0 Å². The molecule has 0 fully saturated rings. The molecule has 0 atom stereocenters. The largest absolute Gasteiger partial charge is 0.458 e. The van der Waals surface area contributed by atoms with E-state index in [1.54, 1.807) is 43.3 Å². The van der Waals surface area contributed by atoms with Crippen molar-refractivity contribution in [1.82, 2.24) is 19.3 Å². The monoisotopic (exact) mass is 439 g/mol. The van der Waals surface area contributed by atoms with Crippen LogP contribution in [0.4, 0.5) is 13.2 Å². The average molecular weight is 439 g/mol. The van der Waals surface area contributed by atoms with Crippen molar-refractivity contribution < 1.29 is 22.7 Å². The molecule has 0 N–H and O–H groups in total. The highest BCUT2D eigenvalue weighted by atomic mass is 19.4. The van der Waals surface area contributed by atoms with Gasteiger partial charge in [0.2, 0.25) is 5.82 Å². The summed E-state index contributed by atoms with van der Waals surface area (Å²) in [6.07, 6.45) is -4.74. The minimum Gasteiger partial charge on any atom is -0.458 e. The zero-order valence-corrected chi connectivity index (χ0v) is 16.8. The van der Waals surface area contributed by atoms with Crippen LogP contribution >= 0.6 is 0 Å². The van der Waals surface area contributed by atoms with Crippen LogP contribution in [0.1, 0.15) is 22.8 Å². The zero-order chi connectivity index (χ0) is 22.9. The quantitative estimate of drug-likeness (QED) is 0.436. The van der Waals surface area contributed by atoms with Crippen molar-refractivity contribution in [3.8, 4) is 11.8 Å². The molecule has 4 rings (SSSR count). The van der Waals surface area contributed by atoms with Gasteiger partial charge in [-0.3, -0.25) is 4.79 Å². The summed E-state index contributed by atoms with van der Waals surface area (Å²) in [6.45, 7) is 0.637. The van der Waals surface area contributed by atoms with Crippen LogP contribution in [0, 0.1) is 18.3 Å². The average Bonchev–Trinajstić information content (AvgIpc) is 3.30. The summed E-state index contributed by atoms with van der Waals surface area (Å²) in [7, 11) is 0. The number of aryl methyl sites for hydroxylation is 1. The smallest absolute Gasteiger partial charge is 0.449 e. The Morgan fingerprint density at radius 1 is 1.12 bits per heavy atom. The summed E-state index contributed by atoms with van der Waals surface area (Å²) in [5.41, 5.74) is 1.96. The third-order valence-electron chi connectivity index (χ3n) is 4.83. The first-order chi connectivity index (χ1) is 15.3. The van der Waals surface area contributed by atoms with Crippen molar-refractivity contribution in [3.63, 3.8) is 0 Å². The number of hydrogen-bond acceptors (Lipinski definition) is 5. The number of carbonyl (C=O) groups excluding carboxylic acids is 1. The normalized spacial score (nSPS) is 11.5. The molecule has 2 aromatic carbocycles. The number of halogens is 3. The van der Waals surface area contributed by atoms with Crippen LogP contribution < -0.4 is 0 Å². The van der Waals surface area contributed by atoms with Gasteiger partial charge in [0.1, 0.15) is 24.8 Å². The minimum atomic E-state index is -4.74. The fraction of sp³-hybridized carbons (Fsp3) is 0.182. The van der Waals surface area contributed by atoms with Crippen molar-refractivity contribution in [2.24, 2.45) is 0 Å². The standard InChI is InChI=1S/C22H16F3N5O2/c1-14-16(11-26)19(30(28-14)15-7-3-2-4-8-15)13-32-20(31)12-29-18-10-6-5-9-17(18)27-21(29)22(23,24)25/h2-10H,12-13H2,1H3. The molecule has 2 aromatic heterocycles. The second kappa shape index (κ2) is 8.19. The van der Waals surface area contributed by atoms with Gasteiger partial charge in [0, 0.05) is 0 Å². The molecule has 162 valence electrons. The molecule has 0 radical (unpaired) electrons. The summed E-state index contributed by atoms with van der Waals surface area (Å²) in [6, 6.07) is 17.0. The molecule has 0 saturated heterocycles. The number of fused-ring (bicyclic) bond motifs is 1. The van der Waals surface area contributed by atoms with Gasteiger partial charge in [-0.15, -0.1) is 0 Å². The Labute approximate surface area is 180 Å². The van der Waals surface area contributed by atoms with E-state index in [9.17, 15) is 23.2 Å². The van der Waals surface area contributed by atoms with Gasteiger partial charge in [-0.1, -0.05) is 30.3 Å². The molecule has 0 aliphatic heterocycles. The summed E-state index contributed by atoms with van der Waals surface area (Å²) in [4.78, 5) is 16.1. The molecule has 0 bridgehead atoms. The van der Waals surface area contributed by atoms with E-state index < -0.39 is 24.5 Å². The number of imidazole rings is 1. The van der Waals surface area contributed by atoms with E-state index in [1.807, 2.05) is 12.1 Å². The third-order valence-corrected chi connectivity index (χ3v) is 4.83.